The number of hydrogen-bond donors (Lipinski definition) is 2. The molecular formula is C14H21N5OS. The smallest absolute Gasteiger partial charge is 0.323 e. The highest BCUT2D eigenvalue weighted by Crippen LogP contribution is 2.14. The van der Waals surface area contributed by atoms with Crippen LogP contribution in [0.4, 0.5) is 11.9 Å². The summed E-state index contributed by atoms with van der Waals surface area (Å²) < 4.78 is 5.49. The van der Waals surface area contributed by atoms with E-state index in [1.54, 1.807) is 18.4 Å². The van der Waals surface area contributed by atoms with Gasteiger partial charge in [-0.1, -0.05) is 6.92 Å². The molecule has 0 spiro atoms. The van der Waals surface area contributed by atoms with Gasteiger partial charge in [0.25, 0.3) is 0 Å². The first kappa shape index (κ1) is 15.5. The van der Waals surface area contributed by atoms with Gasteiger partial charge < -0.3 is 15.4 Å². The molecule has 0 saturated heterocycles. The van der Waals surface area contributed by atoms with Gasteiger partial charge in [-0.05, 0) is 42.2 Å². The number of thiophene rings is 1. The highest BCUT2D eigenvalue weighted by atomic mass is 32.1. The van der Waals surface area contributed by atoms with Crippen molar-refractivity contribution in [3.8, 4) is 6.01 Å². The van der Waals surface area contributed by atoms with Crippen LogP contribution in [0.5, 0.6) is 6.01 Å². The van der Waals surface area contributed by atoms with Crippen molar-refractivity contribution in [1.82, 2.24) is 15.0 Å². The fourth-order valence-corrected chi connectivity index (χ4v) is 2.51. The molecule has 0 aliphatic rings. The third kappa shape index (κ3) is 4.86. The zero-order valence-corrected chi connectivity index (χ0v) is 13.4. The number of ether oxygens (including phenoxy) is 1. The van der Waals surface area contributed by atoms with E-state index in [4.69, 9.17) is 4.74 Å². The molecule has 6 nitrogen and oxygen atoms in total. The van der Waals surface area contributed by atoms with E-state index in [1.807, 2.05) is 6.92 Å². The predicted molar refractivity (Wildman–Crippen MR) is 86.3 cm³/mol. The molecule has 0 bridgehead atoms. The molecule has 1 unspecified atom stereocenters. The van der Waals surface area contributed by atoms with Gasteiger partial charge in [-0.25, -0.2) is 0 Å². The van der Waals surface area contributed by atoms with E-state index >= 15 is 0 Å². The molecule has 0 fully saturated rings. The van der Waals surface area contributed by atoms with E-state index in [0.717, 1.165) is 12.8 Å². The summed E-state index contributed by atoms with van der Waals surface area (Å²) in [4.78, 5) is 12.8. The van der Waals surface area contributed by atoms with E-state index in [2.05, 4.69) is 49.3 Å². The monoisotopic (exact) mass is 307 g/mol. The minimum absolute atomic E-state index is 0.228. The van der Waals surface area contributed by atoms with Crippen LogP contribution in [0.15, 0.2) is 16.8 Å². The molecule has 2 aromatic rings. The van der Waals surface area contributed by atoms with Crippen LogP contribution < -0.4 is 15.4 Å². The van der Waals surface area contributed by atoms with Gasteiger partial charge in [0.1, 0.15) is 0 Å². The van der Waals surface area contributed by atoms with Crippen molar-refractivity contribution in [3.05, 3.63) is 22.4 Å². The maximum absolute atomic E-state index is 5.49. The van der Waals surface area contributed by atoms with Gasteiger partial charge in [-0.15, -0.1) is 0 Å². The van der Waals surface area contributed by atoms with Crippen LogP contribution in [0.2, 0.25) is 0 Å². The van der Waals surface area contributed by atoms with E-state index in [-0.39, 0.29) is 6.04 Å². The van der Waals surface area contributed by atoms with Gasteiger partial charge in [-0.2, -0.15) is 26.3 Å². The minimum atomic E-state index is 0.228. The van der Waals surface area contributed by atoms with Gasteiger partial charge in [0.05, 0.1) is 6.61 Å². The molecule has 2 N–H and O–H groups in total. The highest BCUT2D eigenvalue weighted by Gasteiger charge is 2.10. The Morgan fingerprint density at radius 3 is 2.76 bits per heavy atom. The maximum Gasteiger partial charge on any atom is 0.323 e. The lowest BCUT2D eigenvalue weighted by atomic mass is 10.1. The SMILES string of the molecule is CCCOc1nc(NC)nc(NC(C)Cc2ccsc2)n1. The fraction of sp³-hybridized carbons (Fsp3) is 0.500. The number of rotatable bonds is 8. The zero-order valence-electron chi connectivity index (χ0n) is 12.6. The summed E-state index contributed by atoms with van der Waals surface area (Å²) in [6.45, 7) is 4.74. The third-order valence-corrected chi connectivity index (χ3v) is 3.50. The van der Waals surface area contributed by atoms with Crippen LogP contribution in [0.3, 0.4) is 0 Å². The number of hydrogen-bond acceptors (Lipinski definition) is 7. The Balaban J connectivity index is 2.03. The minimum Gasteiger partial charge on any atom is -0.463 e. The summed E-state index contributed by atoms with van der Waals surface area (Å²) in [5.74, 6) is 1.03. The molecule has 2 aromatic heterocycles. The van der Waals surface area contributed by atoms with E-state index in [9.17, 15) is 0 Å². The van der Waals surface area contributed by atoms with Crippen LogP contribution in [0.25, 0.3) is 0 Å². The topological polar surface area (TPSA) is 72.0 Å². The van der Waals surface area contributed by atoms with Crippen molar-refractivity contribution in [2.24, 2.45) is 0 Å². The number of anilines is 2. The lowest BCUT2D eigenvalue weighted by molar-refractivity contribution is 0.292. The van der Waals surface area contributed by atoms with Crippen molar-refractivity contribution < 1.29 is 4.74 Å². The molecular weight excluding hydrogens is 286 g/mol. The Hall–Kier alpha value is -1.89. The summed E-state index contributed by atoms with van der Waals surface area (Å²) in [6.07, 6.45) is 1.84. The van der Waals surface area contributed by atoms with Crippen molar-refractivity contribution in [2.75, 3.05) is 24.3 Å². The number of nitrogens with one attached hydrogen (secondary N) is 2. The van der Waals surface area contributed by atoms with Crippen LogP contribution in [0.1, 0.15) is 25.8 Å². The van der Waals surface area contributed by atoms with Gasteiger partial charge in [0, 0.05) is 13.1 Å². The van der Waals surface area contributed by atoms with Crippen molar-refractivity contribution >= 4 is 23.2 Å². The van der Waals surface area contributed by atoms with Gasteiger partial charge in [0.15, 0.2) is 0 Å². The Bertz CT molecular complexity index is 546. The second-order valence-corrected chi connectivity index (χ2v) is 5.52. The van der Waals surface area contributed by atoms with Crippen LogP contribution in [0, 0.1) is 0 Å². The molecule has 0 radical (unpaired) electrons. The first-order valence-corrected chi connectivity index (χ1v) is 7.99. The summed E-state index contributed by atoms with van der Waals surface area (Å²) in [5.41, 5.74) is 1.31. The molecule has 2 heterocycles. The Kier molecular flexibility index (Phi) is 5.74. The van der Waals surface area contributed by atoms with Crippen molar-refractivity contribution in [3.63, 3.8) is 0 Å². The van der Waals surface area contributed by atoms with Crippen LogP contribution in [-0.2, 0) is 6.42 Å². The maximum atomic E-state index is 5.49. The van der Waals surface area contributed by atoms with Gasteiger partial charge >= 0.3 is 6.01 Å². The van der Waals surface area contributed by atoms with Gasteiger partial charge in [-0.3, -0.25) is 0 Å². The molecule has 2 rings (SSSR count). The molecule has 0 amide bonds. The normalized spacial score (nSPS) is 12.0. The third-order valence-electron chi connectivity index (χ3n) is 2.77. The Morgan fingerprint density at radius 2 is 2.10 bits per heavy atom. The predicted octanol–water partition coefficient (Wildman–Crippen LogP) is 2.81. The molecule has 1 atom stereocenters. The van der Waals surface area contributed by atoms with Crippen LogP contribution in [-0.4, -0.2) is 34.6 Å². The summed E-state index contributed by atoms with van der Waals surface area (Å²) >= 11 is 1.71. The first-order chi connectivity index (χ1) is 10.2. The van der Waals surface area contributed by atoms with Gasteiger partial charge in [0.2, 0.25) is 11.9 Å². The molecule has 0 saturated carbocycles. The summed E-state index contributed by atoms with van der Waals surface area (Å²) in [7, 11) is 1.78. The zero-order chi connectivity index (χ0) is 15.1. The second-order valence-electron chi connectivity index (χ2n) is 4.74. The fourth-order valence-electron chi connectivity index (χ4n) is 1.82. The van der Waals surface area contributed by atoms with Crippen molar-refractivity contribution in [1.29, 1.82) is 0 Å². The Morgan fingerprint density at radius 1 is 1.29 bits per heavy atom. The van der Waals surface area contributed by atoms with Crippen molar-refractivity contribution in [2.45, 2.75) is 32.7 Å². The largest absolute Gasteiger partial charge is 0.463 e. The Labute approximate surface area is 129 Å². The summed E-state index contributed by atoms with van der Waals surface area (Å²) in [6, 6.07) is 2.71. The van der Waals surface area contributed by atoms with E-state index < -0.39 is 0 Å². The quantitative estimate of drug-likeness (QED) is 0.781. The highest BCUT2D eigenvalue weighted by molar-refractivity contribution is 7.07. The molecule has 0 aliphatic heterocycles. The van der Waals surface area contributed by atoms with Crippen LogP contribution >= 0.6 is 11.3 Å². The summed E-state index contributed by atoms with van der Waals surface area (Å²) in [5, 5.41) is 10.5. The first-order valence-electron chi connectivity index (χ1n) is 7.05. The molecule has 0 aromatic carbocycles. The van der Waals surface area contributed by atoms with E-state index in [0.29, 0.717) is 24.5 Å². The average molecular weight is 307 g/mol. The molecule has 7 heteroatoms. The second kappa shape index (κ2) is 7.78. The molecule has 0 aliphatic carbocycles. The lowest BCUT2D eigenvalue weighted by Gasteiger charge is -2.14. The average Bonchev–Trinajstić information content (AvgIpc) is 2.97. The number of nitrogens with zero attached hydrogens (tertiary/aromatic N) is 3. The molecule has 114 valence electrons. The van der Waals surface area contributed by atoms with E-state index in [1.165, 1.54) is 5.56 Å². The lowest BCUT2D eigenvalue weighted by Crippen LogP contribution is -2.20. The standard InChI is InChI=1S/C14H21N5OS/c1-4-6-20-14-18-12(15-3)17-13(19-14)16-10(2)8-11-5-7-21-9-11/h5,7,9-10H,4,6,8H2,1-3H3,(H2,15,16,17,18,19). The molecule has 21 heavy (non-hydrogen) atoms. The number of aromatic nitrogens is 3.